The topological polar surface area (TPSA) is 69.7 Å². The van der Waals surface area contributed by atoms with Gasteiger partial charge in [0.15, 0.2) is 5.82 Å². The molecule has 8 nitrogen and oxygen atoms in total. The Morgan fingerprint density at radius 2 is 1.85 bits per heavy atom. The van der Waals surface area contributed by atoms with Crippen molar-refractivity contribution in [3.8, 4) is 5.75 Å². The summed E-state index contributed by atoms with van der Waals surface area (Å²) in [5.74, 6) is 2.39. The minimum Gasteiger partial charge on any atom is -0.495 e. The molecule has 146 valence electrons. The van der Waals surface area contributed by atoms with Gasteiger partial charge in [-0.25, -0.2) is 0 Å². The van der Waals surface area contributed by atoms with Gasteiger partial charge in [-0.3, -0.25) is 0 Å². The highest BCUT2D eigenvalue weighted by Crippen LogP contribution is 2.28. The van der Waals surface area contributed by atoms with E-state index in [1.807, 2.05) is 18.2 Å². The van der Waals surface area contributed by atoms with Gasteiger partial charge < -0.3 is 24.8 Å². The van der Waals surface area contributed by atoms with E-state index in [0.717, 1.165) is 62.9 Å². The molecule has 1 aromatic carbocycles. The number of aromatic nitrogens is 3. The van der Waals surface area contributed by atoms with Crippen LogP contribution in [0.1, 0.15) is 6.42 Å². The molecule has 2 aromatic rings. The summed E-state index contributed by atoms with van der Waals surface area (Å²) >= 11 is 0. The van der Waals surface area contributed by atoms with Gasteiger partial charge in [-0.2, -0.15) is 10.1 Å². The van der Waals surface area contributed by atoms with E-state index in [0.29, 0.717) is 5.95 Å². The maximum Gasteiger partial charge on any atom is 0.244 e. The average Bonchev–Trinajstić information content (AvgIpc) is 2.71. The van der Waals surface area contributed by atoms with Gasteiger partial charge in [0.1, 0.15) is 5.75 Å². The van der Waals surface area contributed by atoms with Crippen molar-refractivity contribution in [1.82, 2.24) is 20.1 Å². The molecule has 0 saturated carbocycles. The standard InChI is InChI=1S/C19H29N7O/c1-24(2)10-6-9-20-19-22-18(15-21-23-19)26-13-11-25(12-14-26)16-7-4-5-8-17(16)27-3/h4-5,7-8,15H,6,9-14H2,1-3H3,(H,20,22,23). The summed E-state index contributed by atoms with van der Waals surface area (Å²) < 4.78 is 5.49. The minimum atomic E-state index is 0.596. The maximum atomic E-state index is 5.49. The highest BCUT2D eigenvalue weighted by molar-refractivity contribution is 5.59. The smallest absolute Gasteiger partial charge is 0.244 e. The molecular weight excluding hydrogens is 342 g/mol. The zero-order valence-electron chi connectivity index (χ0n) is 16.4. The summed E-state index contributed by atoms with van der Waals surface area (Å²) in [6.45, 7) is 5.47. The van der Waals surface area contributed by atoms with E-state index >= 15 is 0 Å². The fourth-order valence-electron chi connectivity index (χ4n) is 3.19. The lowest BCUT2D eigenvalue weighted by molar-refractivity contribution is 0.405. The predicted molar refractivity (Wildman–Crippen MR) is 109 cm³/mol. The van der Waals surface area contributed by atoms with Gasteiger partial charge in [0.05, 0.1) is 19.0 Å². The Hall–Kier alpha value is -2.61. The van der Waals surface area contributed by atoms with Crippen LogP contribution in [0.3, 0.4) is 0 Å². The highest BCUT2D eigenvalue weighted by atomic mass is 16.5. The van der Waals surface area contributed by atoms with Gasteiger partial charge in [-0.1, -0.05) is 12.1 Å². The van der Waals surface area contributed by atoms with Gasteiger partial charge >= 0.3 is 0 Å². The molecular formula is C19H29N7O. The Bertz CT molecular complexity index is 717. The SMILES string of the molecule is COc1ccccc1N1CCN(c2cnnc(NCCCN(C)C)n2)CC1. The number of para-hydroxylation sites is 2. The molecule has 0 spiro atoms. The van der Waals surface area contributed by atoms with Crippen molar-refractivity contribution >= 4 is 17.5 Å². The van der Waals surface area contributed by atoms with Gasteiger partial charge in [-0.05, 0) is 39.2 Å². The normalized spacial score (nSPS) is 14.5. The highest BCUT2D eigenvalue weighted by Gasteiger charge is 2.21. The van der Waals surface area contributed by atoms with Crippen LogP contribution in [0.15, 0.2) is 30.5 Å². The summed E-state index contributed by atoms with van der Waals surface area (Å²) in [7, 11) is 5.86. The summed E-state index contributed by atoms with van der Waals surface area (Å²) in [6, 6.07) is 8.16. The minimum absolute atomic E-state index is 0.596. The van der Waals surface area contributed by atoms with Crippen LogP contribution in [-0.2, 0) is 0 Å². The fraction of sp³-hybridized carbons (Fsp3) is 0.526. The van der Waals surface area contributed by atoms with E-state index in [2.05, 4.69) is 55.4 Å². The summed E-state index contributed by atoms with van der Waals surface area (Å²) in [6.07, 6.45) is 2.78. The van der Waals surface area contributed by atoms with Crippen molar-refractivity contribution in [3.63, 3.8) is 0 Å². The second kappa shape index (κ2) is 9.36. The molecule has 1 fully saturated rings. The van der Waals surface area contributed by atoms with Crippen LogP contribution in [0, 0.1) is 0 Å². The third-order valence-electron chi connectivity index (χ3n) is 4.64. The van der Waals surface area contributed by atoms with Gasteiger partial charge in [0.25, 0.3) is 0 Å². The molecule has 0 aliphatic carbocycles. The molecule has 27 heavy (non-hydrogen) atoms. The van der Waals surface area contributed by atoms with E-state index in [-0.39, 0.29) is 0 Å². The first-order valence-electron chi connectivity index (χ1n) is 9.38. The number of benzene rings is 1. The first-order valence-corrected chi connectivity index (χ1v) is 9.38. The second-order valence-corrected chi connectivity index (χ2v) is 6.87. The van der Waals surface area contributed by atoms with Crippen LogP contribution >= 0.6 is 0 Å². The Morgan fingerprint density at radius 3 is 2.59 bits per heavy atom. The second-order valence-electron chi connectivity index (χ2n) is 6.87. The largest absolute Gasteiger partial charge is 0.495 e. The fourth-order valence-corrected chi connectivity index (χ4v) is 3.19. The number of nitrogens with one attached hydrogen (secondary N) is 1. The quantitative estimate of drug-likeness (QED) is 0.702. The monoisotopic (exact) mass is 371 g/mol. The lowest BCUT2D eigenvalue weighted by Gasteiger charge is -2.37. The summed E-state index contributed by atoms with van der Waals surface area (Å²) in [4.78, 5) is 11.4. The van der Waals surface area contributed by atoms with Gasteiger partial charge in [-0.15, -0.1) is 5.10 Å². The zero-order chi connectivity index (χ0) is 19.1. The summed E-state index contributed by atoms with van der Waals surface area (Å²) in [5, 5.41) is 11.5. The summed E-state index contributed by atoms with van der Waals surface area (Å²) in [5.41, 5.74) is 1.14. The van der Waals surface area contributed by atoms with Gasteiger partial charge in [0, 0.05) is 32.7 Å². The predicted octanol–water partition coefficient (Wildman–Crippen LogP) is 1.57. The van der Waals surface area contributed by atoms with E-state index in [4.69, 9.17) is 4.74 Å². The number of methoxy groups -OCH3 is 1. The zero-order valence-corrected chi connectivity index (χ0v) is 16.4. The van der Waals surface area contributed by atoms with Crippen molar-refractivity contribution in [1.29, 1.82) is 0 Å². The van der Waals surface area contributed by atoms with Crippen molar-refractivity contribution in [2.75, 3.05) is 75.6 Å². The Morgan fingerprint density at radius 1 is 1.11 bits per heavy atom. The third kappa shape index (κ3) is 5.19. The molecule has 2 heterocycles. The Kier molecular flexibility index (Phi) is 6.64. The molecule has 0 radical (unpaired) electrons. The first-order chi connectivity index (χ1) is 13.2. The number of rotatable bonds is 8. The lowest BCUT2D eigenvalue weighted by Crippen LogP contribution is -2.47. The van der Waals surface area contributed by atoms with Crippen LogP contribution in [-0.4, -0.2) is 80.6 Å². The molecule has 0 amide bonds. The molecule has 8 heteroatoms. The van der Waals surface area contributed by atoms with Crippen molar-refractivity contribution in [2.24, 2.45) is 0 Å². The third-order valence-corrected chi connectivity index (χ3v) is 4.64. The number of ether oxygens (including phenoxy) is 1. The van der Waals surface area contributed by atoms with E-state index in [9.17, 15) is 0 Å². The van der Waals surface area contributed by atoms with E-state index in [1.165, 1.54) is 0 Å². The van der Waals surface area contributed by atoms with E-state index < -0.39 is 0 Å². The van der Waals surface area contributed by atoms with Crippen molar-refractivity contribution < 1.29 is 4.74 Å². The molecule has 3 rings (SSSR count). The molecule has 1 N–H and O–H groups in total. The molecule has 0 bridgehead atoms. The van der Waals surface area contributed by atoms with Crippen LogP contribution in [0.25, 0.3) is 0 Å². The molecule has 0 unspecified atom stereocenters. The molecule has 1 aromatic heterocycles. The molecule has 1 saturated heterocycles. The van der Waals surface area contributed by atoms with Crippen LogP contribution in [0.5, 0.6) is 5.75 Å². The van der Waals surface area contributed by atoms with Gasteiger partial charge in [0.2, 0.25) is 5.95 Å². The number of hydrogen-bond donors (Lipinski definition) is 1. The van der Waals surface area contributed by atoms with E-state index in [1.54, 1.807) is 13.3 Å². The molecule has 1 aliphatic heterocycles. The van der Waals surface area contributed by atoms with Crippen LogP contribution in [0.2, 0.25) is 0 Å². The lowest BCUT2D eigenvalue weighted by atomic mass is 10.2. The van der Waals surface area contributed by atoms with Crippen LogP contribution in [0.4, 0.5) is 17.5 Å². The molecule has 1 aliphatic rings. The number of anilines is 3. The van der Waals surface area contributed by atoms with Crippen LogP contribution < -0.4 is 19.9 Å². The Balaban J connectivity index is 1.55. The maximum absolute atomic E-state index is 5.49. The van der Waals surface area contributed by atoms with Crippen molar-refractivity contribution in [2.45, 2.75) is 6.42 Å². The number of hydrogen-bond acceptors (Lipinski definition) is 8. The number of nitrogens with zero attached hydrogens (tertiary/aromatic N) is 6. The first kappa shape index (κ1) is 19.2. The number of piperazine rings is 1. The molecule has 0 atom stereocenters. The Labute approximate surface area is 161 Å². The average molecular weight is 371 g/mol. The van der Waals surface area contributed by atoms with Crippen molar-refractivity contribution in [3.05, 3.63) is 30.5 Å².